The number of halogens is 2. The molecule has 0 saturated heterocycles. The van der Waals surface area contributed by atoms with Crippen molar-refractivity contribution in [3.8, 4) is 0 Å². The number of carbonyl (C=O) groups excluding carboxylic acids is 3. The molecule has 13 nitrogen and oxygen atoms in total. The van der Waals surface area contributed by atoms with Crippen molar-refractivity contribution in [1.82, 2.24) is 20.8 Å². The van der Waals surface area contributed by atoms with Gasteiger partial charge in [-0.2, -0.15) is 5.10 Å². The number of amidine groups is 1. The normalized spacial score (nSPS) is 13.8. The van der Waals surface area contributed by atoms with E-state index >= 15 is 0 Å². The van der Waals surface area contributed by atoms with Gasteiger partial charge in [-0.1, -0.05) is 34.5 Å². The topological polar surface area (TPSA) is 181 Å². The molecule has 0 spiro atoms. The SMILES string of the molecule is NS(=O)c1nnc(NC(=O)COCC(=O)NCCCC(=O)NC2=NN(c3ccc(Cl)c(Cl)c3)CC2)s1. The molecule has 17 heteroatoms. The summed E-state index contributed by atoms with van der Waals surface area (Å²) in [6, 6.07) is 5.18. The third-order valence-electron chi connectivity index (χ3n) is 4.48. The van der Waals surface area contributed by atoms with Crippen molar-refractivity contribution in [3.05, 3.63) is 28.2 Å². The van der Waals surface area contributed by atoms with Crippen LogP contribution in [0, 0.1) is 0 Å². The number of carbonyl (C=O) groups is 3. The van der Waals surface area contributed by atoms with E-state index in [-0.39, 0.29) is 35.0 Å². The number of benzene rings is 1. The second kappa shape index (κ2) is 13.6. The predicted molar refractivity (Wildman–Crippen MR) is 136 cm³/mol. The Morgan fingerprint density at radius 3 is 2.61 bits per heavy atom. The molecular formula is C19H22Cl2N8O5S2. The average Bonchev–Trinajstić information content (AvgIpc) is 3.48. The van der Waals surface area contributed by atoms with Crippen molar-refractivity contribution in [2.75, 3.05) is 36.6 Å². The summed E-state index contributed by atoms with van der Waals surface area (Å²) in [4.78, 5) is 35.8. The highest BCUT2D eigenvalue weighted by atomic mass is 35.5. The van der Waals surface area contributed by atoms with Crippen molar-refractivity contribution in [2.24, 2.45) is 10.2 Å². The summed E-state index contributed by atoms with van der Waals surface area (Å²) >= 11 is 12.8. The van der Waals surface area contributed by atoms with Gasteiger partial charge in [-0.15, -0.1) is 10.2 Å². The Balaban J connectivity index is 1.26. The average molecular weight is 577 g/mol. The van der Waals surface area contributed by atoms with Crippen LogP contribution in [0.25, 0.3) is 0 Å². The number of nitrogens with zero attached hydrogens (tertiary/aromatic N) is 4. The maximum atomic E-state index is 12.2. The van der Waals surface area contributed by atoms with Crippen molar-refractivity contribution in [3.63, 3.8) is 0 Å². The van der Waals surface area contributed by atoms with Gasteiger partial charge in [0.2, 0.25) is 21.3 Å². The first-order chi connectivity index (χ1) is 17.2. The molecule has 0 fully saturated rings. The number of anilines is 2. The maximum absolute atomic E-state index is 12.2. The van der Waals surface area contributed by atoms with Crippen LogP contribution >= 0.6 is 34.5 Å². The minimum absolute atomic E-state index is 0.0702. The molecule has 36 heavy (non-hydrogen) atoms. The van der Waals surface area contributed by atoms with Crippen LogP contribution in [-0.2, 0) is 30.1 Å². The Morgan fingerprint density at radius 2 is 1.89 bits per heavy atom. The maximum Gasteiger partial charge on any atom is 0.252 e. The summed E-state index contributed by atoms with van der Waals surface area (Å²) in [5.74, 6) is -0.664. The lowest BCUT2D eigenvalue weighted by Gasteiger charge is -2.13. The number of hydrogen-bond donors (Lipinski definition) is 4. The highest BCUT2D eigenvalue weighted by Crippen LogP contribution is 2.28. The van der Waals surface area contributed by atoms with Crippen LogP contribution in [-0.4, -0.2) is 64.3 Å². The van der Waals surface area contributed by atoms with Crippen LogP contribution < -0.4 is 26.1 Å². The number of hydrazone groups is 1. The summed E-state index contributed by atoms with van der Waals surface area (Å²) in [5, 5.41) is 27.2. The number of nitrogens with one attached hydrogen (secondary N) is 3. The van der Waals surface area contributed by atoms with E-state index in [9.17, 15) is 18.6 Å². The van der Waals surface area contributed by atoms with Gasteiger partial charge in [0.1, 0.15) is 19.0 Å². The second-order valence-corrected chi connectivity index (χ2v) is 10.3. The monoisotopic (exact) mass is 576 g/mol. The van der Waals surface area contributed by atoms with Crippen LogP contribution in [0.1, 0.15) is 19.3 Å². The summed E-state index contributed by atoms with van der Waals surface area (Å²) < 4.78 is 16.2. The van der Waals surface area contributed by atoms with E-state index in [2.05, 4.69) is 31.2 Å². The Bertz CT molecular complexity index is 1180. The van der Waals surface area contributed by atoms with Gasteiger partial charge < -0.3 is 15.4 Å². The van der Waals surface area contributed by atoms with E-state index in [1.165, 1.54) is 0 Å². The summed E-state index contributed by atoms with van der Waals surface area (Å²) in [6.07, 6.45) is 1.16. The number of amides is 3. The number of nitrogens with two attached hydrogens (primary N) is 1. The zero-order valence-corrected chi connectivity index (χ0v) is 21.8. The first kappa shape index (κ1) is 27.9. The lowest BCUT2D eigenvalue weighted by Crippen LogP contribution is -2.32. The Morgan fingerprint density at radius 1 is 1.11 bits per heavy atom. The van der Waals surface area contributed by atoms with Crippen molar-refractivity contribution in [2.45, 2.75) is 23.6 Å². The molecule has 1 aromatic heterocycles. The molecule has 0 saturated carbocycles. The highest BCUT2D eigenvalue weighted by Gasteiger charge is 2.18. The molecule has 1 aliphatic heterocycles. The fourth-order valence-electron chi connectivity index (χ4n) is 2.86. The van der Waals surface area contributed by atoms with Crippen molar-refractivity contribution >= 4 is 79.9 Å². The minimum atomic E-state index is -1.78. The predicted octanol–water partition coefficient (Wildman–Crippen LogP) is 1.02. The lowest BCUT2D eigenvalue weighted by molar-refractivity contribution is -0.129. The first-order valence-electron chi connectivity index (χ1n) is 10.4. The van der Waals surface area contributed by atoms with E-state index in [1.807, 2.05) is 0 Å². The molecule has 1 unspecified atom stereocenters. The number of hydrogen-bond acceptors (Lipinski definition) is 10. The van der Waals surface area contributed by atoms with Crippen LogP contribution in [0.15, 0.2) is 27.6 Å². The lowest BCUT2D eigenvalue weighted by atomic mass is 10.3. The van der Waals surface area contributed by atoms with E-state index in [0.717, 1.165) is 17.0 Å². The van der Waals surface area contributed by atoms with E-state index < -0.39 is 29.4 Å². The van der Waals surface area contributed by atoms with Crippen molar-refractivity contribution in [1.29, 1.82) is 0 Å². The molecule has 0 radical (unpaired) electrons. The number of ether oxygens (including phenoxy) is 1. The van der Waals surface area contributed by atoms with Crippen LogP contribution in [0.2, 0.25) is 10.0 Å². The van der Waals surface area contributed by atoms with E-state index in [1.54, 1.807) is 23.2 Å². The standard InChI is InChI=1S/C19H22Cl2N8O5S2/c20-12-4-3-11(8-13(12)21)29-7-5-14(28-29)24-15(30)2-1-6-23-16(31)9-34-10-17(32)25-18-26-27-19(35-18)36(22)33/h3-4,8H,1-2,5-7,9-10,22H2,(H,23,31)(H,24,28,30)(H,25,26,32). The van der Waals surface area contributed by atoms with Crippen LogP contribution in [0.4, 0.5) is 10.8 Å². The Labute approximate surface area is 222 Å². The molecule has 3 rings (SSSR count). The molecule has 2 aromatic rings. The second-order valence-electron chi connectivity index (χ2n) is 7.23. The molecule has 0 bridgehead atoms. The van der Waals surface area contributed by atoms with Crippen molar-refractivity contribution < 1.29 is 23.3 Å². The fraction of sp³-hybridized carbons (Fsp3) is 0.368. The van der Waals surface area contributed by atoms with Gasteiger partial charge in [-0.3, -0.25) is 24.7 Å². The Hall–Kier alpha value is -2.69. The fourth-order valence-corrected chi connectivity index (χ4v) is 4.33. The third kappa shape index (κ3) is 8.76. The Kier molecular flexibility index (Phi) is 10.5. The quantitative estimate of drug-likeness (QED) is 0.226. The third-order valence-corrected chi connectivity index (χ3v) is 7.02. The molecule has 0 aliphatic carbocycles. The smallest absolute Gasteiger partial charge is 0.252 e. The summed E-state index contributed by atoms with van der Waals surface area (Å²) in [5.41, 5.74) is 0.773. The molecule has 5 N–H and O–H groups in total. The van der Waals surface area contributed by atoms with Gasteiger partial charge in [0.25, 0.3) is 5.91 Å². The van der Waals surface area contributed by atoms with Gasteiger partial charge in [-0.25, -0.2) is 9.35 Å². The van der Waals surface area contributed by atoms with Gasteiger partial charge in [0.05, 0.1) is 15.7 Å². The first-order valence-corrected chi connectivity index (χ1v) is 13.2. The number of aromatic nitrogens is 2. The molecule has 2 heterocycles. The van der Waals surface area contributed by atoms with E-state index in [0.29, 0.717) is 35.3 Å². The zero-order chi connectivity index (χ0) is 26.1. The van der Waals surface area contributed by atoms with Crippen LogP contribution in [0.5, 0.6) is 0 Å². The molecule has 3 amide bonds. The van der Waals surface area contributed by atoms with Crippen LogP contribution in [0.3, 0.4) is 0 Å². The van der Waals surface area contributed by atoms with Gasteiger partial charge >= 0.3 is 0 Å². The zero-order valence-electron chi connectivity index (χ0n) is 18.7. The van der Waals surface area contributed by atoms with Gasteiger partial charge in [0.15, 0.2) is 11.0 Å². The minimum Gasteiger partial charge on any atom is -0.362 e. The molecule has 1 atom stereocenters. The summed E-state index contributed by atoms with van der Waals surface area (Å²) in [7, 11) is -1.78. The molecule has 1 aliphatic rings. The van der Waals surface area contributed by atoms with E-state index in [4.69, 9.17) is 33.1 Å². The summed E-state index contributed by atoms with van der Waals surface area (Å²) in [6.45, 7) is 0.123. The molecule has 194 valence electrons. The highest BCUT2D eigenvalue weighted by molar-refractivity contribution is 7.85. The van der Waals surface area contributed by atoms with Gasteiger partial charge in [0, 0.05) is 25.9 Å². The van der Waals surface area contributed by atoms with Gasteiger partial charge in [-0.05, 0) is 24.6 Å². The molecular weight excluding hydrogens is 555 g/mol. The molecule has 1 aromatic carbocycles. The largest absolute Gasteiger partial charge is 0.362 e. The number of rotatable bonds is 11.